The zero-order valence-corrected chi connectivity index (χ0v) is 5.53. The van der Waals surface area contributed by atoms with E-state index in [9.17, 15) is 9.59 Å². The lowest BCUT2D eigenvalue weighted by molar-refractivity contribution is -0.126. The summed E-state index contributed by atoms with van der Waals surface area (Å²) in [4.78, 5) is 21.0. The molecule has 4 heteroatoms. The van der Waals surface area contributed by atoms with Crippen molar-refractivity contribution in [1.82, 2.24) is 5.32 Å². The highest BCUT2D eigenvalue weighted by atomic mass is 32.2. The van der Waals surface area contributed by atoms with Crippen LogP contribution in [0.4, 0.5) is 0 Å². The van der Waals surface area contributed by atoms with Gasteiger partial charge in [-0.25, -0.2) is 0 Å². The van der Waals surface area contributed by atoms with E-state index >= 15 is 0 Å². The molecule has 1 aliphatic rings. The molecule has 49 valence electrons. The summed E-state index contributed by atoms with van der Waals surface area (Å²) in [5.74, 6) is 0.559. The number of nitrogens with one attached hydrogen (secondary N) is 1. The van der Waals surface area contributed by atoms with Gasteiger partial charge in [0.1, 0.15) is 0 Å². The molecule has 1 rings (SSSR count). The highest BCUT2D eigenvalue weighted by Gasteiger charge is 2.12. The van der Waals surface area contributed by atoms with Crippen molar-refractivity contribution in [2.75, 3.05) is 11.5 Å². The van der Waals surface area contributed by atoms with Gasteiger partial charge in [0, 0.05) is 5.75 Å². The molecule has 2 amide bonds. The smallest absolute Gasteiger partial charge is 0.236 e. The fourth-order valence-corrected chi connectivity index (χ4v) is 1.16. The van der Waals surface area contributed by atoms with Crippen LogP contribution >= 0.6 is 11.8 Å². The maximum absolute atomic E-state index is 10.5. The molecule has 0 spiro atoms. The van der Waals surface area contributed by atoms with Crippen molar-refractivity contribution < 1.29 is 9.59 Å². The van der Waals surface area contributed by atoms with E-state index < -0.39 is 0 Å². The average Bonchev–Trinajstić information content (AvgIpc) is 1.93. The van der Waals surface area contributed by atoms with E-state index in [0.29, 0.717) is 11.5 Å². The standard InChI is InChI=1S/C5H6NO2S/c7-4-1-2-9-3-5(8)6-4/h1H,2-3H2,(H,6,7,8). The van der Waals surface area contributed by atoms with Crippen molar-refractivity contribution >= 4 is 23.6 Å². The quantitative estimate of drug-likeness (QED) is 0.470. The topological polar surface area (TPSA) is 46.2 Å². The fourth-order valence-electron chi connectivity index (χ4n) is 0.511. The lowest BCUT2D eigenvalue weighted by atomic mass is 10.4. The molecule has 1 fully saturated rings. The zero-order valence-electron chi connectivity index (χ0n) is 4.72. The second-order valence-electron chi connectivity index (χ2n) is 1.63. The Kier molecular flexibility index (Phi) is 2.10. The van der Waals surface area contributed by atoms with Gasteiger partial charge in [0.15, 0.2) is 0 Å². The maximum Gasteiger partial charge on any atom is 0.236 e. The second-order valence-corrected chi connectivity index (χ2v) is 2.66. The third kappa shape index (κ3) is 2.05. The van der Waals surface area contributed by atoms with Crippen LogP contribution in [0.3, 0.4) is 0 Å². The zero-order chi connectivity index (χ0) is 6.69. The molecule has 0 unspecified atom stereocenters. The van der Waals surface area contributed by atoms with Crippen LogP contribution in [0.2, 0.25) is 0 Å². The largest absolute Gasteiger partial charge is 0.295 e. The first kappa shape index (κ1) is 6.61. The molecule has 1 radical (unpaired) electrons. The Labute approximate surface area is 57.2 Å². The summed E-state index contributed by atoms with van der Waals surface area (Å²) in [7, 11) is 0. The summed E-state index contributed by atoms with van der Waals surface area (Å²) >= 11 is 1.44. The minimum atomic E-state index is -0.273. The van der Waals surface area contributed by atoms with Crippen molar-refractivity contribution in [1.29, 1.82) is 0 Å². The van der Waals surface area contributed by atoms with Gasteiger partial charge in [-0.15, -0.1) is 0 Å². The summed E-state index contributed by atoms with van der Waals surface area (Å²) < 4.78 is 0. The van der Waals surface area contributed by atoms with Gasteiger partial charge in [-0.2, -0.15) is 11.8 Å². The Morgan fingerprint density at radius 1 is 1.56 bits per heavy atom. The van der Waals surface area contributed by atoms with Gasteiger partial charge in [0.05, 0.1) is 12.2 Å². The van der Waals surface area contributed by atoms with Crippen molar-refractivity contribution in [3.63, 3.8) is 0 Å². The van der Waals surface area contributed by atoms with Crippen molar-refractivity contribution in [2.45, 2.75) is 0 Å². The van der Waals surface area contributed by atoms with E-state index in [1.54, 1.807) is 0 Å². The van der Waals surface area contributed by atoms with Gasteiger partial charge in [0.2, 0.25) is 11.8 Å². The number of amides is 2. The first-order chi connectivity index (χ1) is 4.29. The number of carbonyl (C=O) groups excluding carboxylic acids is 2. The molecule has 0 aromatic carbocycles. The van der Waals surface area contributed by atoms with Gasteiger partial charge in [-0.3, -0.25) is 14.9 Å². The SMILES string of the molecule is O=C1[CH]CSCC(=O)N1. The number of carbonyl (C=O) groups is 2. The molecule has 9 heavy (non-hydrogen) atoms. The number of rotatable bonds is 0. The predicted octanol–water partition coefficient (Wildman–Crippen LogP) is -0.420. The van der Waals surface area contributed by atoms with E-state index in [-0.39, 0.29) is 11.8 Å². The number of hydrogen-bond donors (Lipinski definition) is 1. The Hall–Kier alpha value is -0.510. The molecule has 1 saturated heterocycles. The van der Waals surface area contributed by atoms with Gasteiger partial charge in [-0.1, -0.05) is 0 Å². The molecule has 0 atom stereocenters. The molecular weight excluding hydrogens is 138 g/mol. The summed E-state index contributed by atoms with van der Waals surface area (Å²) in [6.45, 7) is 0. The number of hydrogen-bond acceptors (Lipinski definition) is 3. The van der Waals surface area contributed by atoms with E-state index in [1.807, 2.05) is 0 Å². The van der Waals surface area contributed by atoms with Crippen molar-refractivity contribution in [2.24, 2.45) is 0 Å². The van der Waals surface area contributed by atoms with E-state index in [4.69, 9.17) is 0 Å². The fraction of sp³-hybridized carbons (Fsp3) is 0.400. The first-order valence-electron chi connectivity index (χ1n) is 2.54. The molecule has 0 aliphatic carbocycles. The normalized spacial score (nSPS) is 20.9. The lowest BCUT2D eigenvalue weighted by Crippen LogP contribution is -2.29. The second kappa shape index (κ2) is 2.87. The monoisotopic (exact) mass is 144 g/mol. The summed E-state index contributed by atoms with van der Waals surface area (Å²) in [6, 6.07) is 0. The van der Waals surface area contributed by atoms with Crippen LogP contribution in [-0.4, -0.2) is 23.3 Å². The third-order valence-corrected chi connectivity index (χ3v) is 1.75. The minimum absolute atomic E-state index is 0.196. The Morgan fingerprint density at radius 2 is 2.33 bits per heavy atom. The van der Waals surface area contributed by atoms with Crippen LogP contribution in [0.25, 0.3) is 0 Å². The molecule has 3 nitrogen and oxygen atoms in total. The van der Waals surface area contributed by atoms with Crippen LogP contribution < -0.4 is 5.32 Å². The predicted molar refractivity (Wildman–Crippen MR) is 34.8 cm³/mol. The van der Waals surface area contributed by atoms with Gasteiger partial charge >= 0.3 is 0 Å². The Morgan fingerprint density at radius 3 is 3.11 bits per heavy atom. The van der Waals surface area contributed by atoms with Crippen LogP contribution in [0.15, 0.2) is 0 Å². The third-order valence-electron chi connectivity index (χ3n) is 0.882. The Bertz CT molecular complexity index is 130. The summed E-state index contributed by atoms with van der Waals surface area (Å²) in [6.07, 6.45) is 1.47. The molecule has 1 aliphatic heterocycles. The molecule has 0 bridgehead atoms. The molecular formula is C5H6NO2S. The Balaban J connectivity index is 2.47. The van der Waals surface area contributed by atoms with Crippen LogP contribution in [0, 0.1) is 6.42 Å². The van der Waals surface area contributed by atoms with Crippen molar-refractivity contribution in [3.05, 3.63) is 6.42 Å². The van der Waals surface area contributed by atoms with Gasteiger partial charge in [0.25, 0.3) is 0 Å². The number of thioether (sulfide) groups is 1. The highest BCUT2D eigenvalue weighted by Crippen LogP contribution is 2.03. The molecule has 0 aromatic rings. The van der Waals surface area contributed by atoms with Crippen LogP contribution in [-0.2, 0) is 9.59 Å². The average molecular weight is 144 g/mol. The van der Waals surface area contributed by atoms with E-state index in [0.717, 1.165) is 0 Å². The molecule has 0 saturated carbocycles. The summed E-state index contributed by atoms with van der Waals surface area (Å²) in [5, 5.41) is 2.19. The summed E-state index contributed by atoms with van der Waals surface area (Å²) in [5.41, 5.74) is 0. The van der Waals surface area contributed by atoms with Crippen LogP contribution in [0.5, 0.6) is 0 Å². The van der Waals surface area contributed by atoms with E-state index in [1.165, 1.54) is 18.2 Å². The number of imide groups is 1. The van der Waals surface area contributed by atoms with Gasteiger partial charge in [-0.05, 0) is 0 Å². The molecule has 0 aromatic heterocycles. The maximum atomic E-state index is 10.5. The van der Waals surface area contributed by atoms with Crippen molar-refractivity contribution in [3.8, 4) is 0 Å². The van der Waals surface area contributed by atoms with Crippen LogP contribution in [0.1, 0.15) is 0 Å². The first-order valence-corrected chi connectivity index (χ1v) is 3.69. The molecule has 1 N–H and O–H groups in total. The minimum Gasteiger partial charge on any atom is -0.295 e. The lowest BCUT2D eigenvalue weighted by Gasteiger charge is -1.92. The van der Waals surface area contributed by atoms with E-state index in [2.05, 4.69) is 5.32 Å². The highest BCUT2D eigenvalue weighted by molar-refractivity contribution is 8.00. The molecule has 1 heterocycles. The van der Waals surface area contributed by atoms with Gasteiger partial charge < -0.3 is 0 Å².